The Kier molecular flexibility index (Phi) is 5.77. The minimum absolute atomic E-state index is 0.126. The van der Waals surface area contributed by atoms with Gasteiger partial charge in [-0.3, -0.25) is 4.79 Å². The second kappa shape index (κ2) is 8.06. The SMILES string of the molecule is COCc1c(C(=O)N(C)Cc2ccc(N(C)C)cc2)sc2cccc(F)c12. The quantitative estimate of drug-likeness (QED) is 0.624. The molecule has 142 valence electrons. The highest BCUT2D eigenvalue weighted by molar-refractivity contribution is 7.21. The zero-order valence-electron chi connectivity index (χ0n) is 16.0. The number of thiophene rings is 1. The number of halogens is 1. The summed E-state index contributed by atoms with van der Waals surface area (Å²) in [5.41, 5.74) is 2.77. The lowest BCUT2D eigenvalue weighted by atomic mass is 10.1. The molecule has 27 heavy (non-hydrogen) atoms. The number of nitrogens with zero attached hydrogens (tertiary/aromatic N) is 2. The molecular formula is C21H23FN2O2S. The van der Waals surface area contributed by atoms with Gasteiger partial charge in [-0.2, -0.15) is 0 Å². The van der Waals surface area contributed by atoms with E-state index in [-0.39, 0.29) is 18.3 Å². The lowest BCUT2D eigenvalue weighted by molar-refractivity contribution is 0.0785. The average Bonchev–Trinajstić information content (AvgIpc) is 3.01. The van der Waals surface area contributed by atoms with Gasteiger partial charge in [0.1, 0.15) is 5.82 Å². The van der Waals surface area contributed by atoms with E-state index in [2.05, 4.69) is 0 Å². The van der Waals surface area contributed by atoms with Gasteiger partial charge in [0.05, 0.1) is 11.5 Å². The third-order valence-electron chi connectivity index (χ3n) is 4.47. The third kappa shape index (κ3) is 3.96. The molecule has 0 atom stereocenters. The Morgan fingerprint density at radius 2 is 1.81 bits per heavy atom. The number of carbonyl (C=O) groups excluding carboxylic acids is 1. The van der Waals surface area contributed by atoms with Crippen molar-refractivity contribution in [3.05, 3.63) is 64.3 Å². The minimum atomic E-state index is -0.322. The fourth-order valence-corrected chi connectivity index (χ4v) is 4.26. The number of hydrogen-bond donors (Lipinski definition) is 0. The van der Waals surface area contributed by atoms with E-state index in [4.69, 9.17) is 4.74 Å². The molecule has 0 saturated heterocycles. The van der Waals surface area contributed by atoms with Crippen LogP contribution in [0.25, 0.3) is 10.1 Å². The number of methoxy groups -OCH3 is 1. The molecule has 0 N–H and O–H groups in total. The Balaban J connectivity index is 1.88. The van der Waals surface area contributed by atoms with Crippen LogP contribution in [0.1, 0.15) is 20.8 Å². The molecule has 3 rings (SSSR count). The van der Waals surface area contributed by atoms with Crippen molar-refractivity contribution in [2.24, 2.45) is 0 Å². The molecule has 0 fully saturated rings. The Bertz CT molecular complexity index is 951. The summed E-state index contributed by atoms with van der Waals surface area (Å²) in [6.45, 7) is 0.684. The molecule has 3 aromatic rings. The number of carbonyl (C=O) groups is 1. The van der Waals surface area contributed by atoms with Crippen molar-refractivity contribution in [1.29, 1.82) is 0 Å². The largest absolute Gasteiger partial charge is 0.380 e. The molecule has 1 amide bonds. The Morgan fingerprint density at radius 3 is 2.44 bits per heavy atom. The molecule has 0 aliphatic rings. The summed E-state index contributed by atoms with van der Waals surface area (Å²) >= 11 is 1.31. The maximum absolute atomic E-state index is 14.3. The molecule has 6 heteroatoms. The van der Waals surface area contributed by atoms with Gasteiger partial charge >= 0.3 is 0 Å². The molecular weight excluding hydrogens is 363 g/mol. The van der Waals surface area contributed by atoms with Crippen LogP contribution < -0.4 is 4.90 Å². The maximum atomic E-state index is 14.3. The third-order valence-corrected chi connectivity index (χ3v) is 5.65. The van der Waals surface area contributed by atoms with Crippen LogP contribution in [0.2, 0.25) is 0 Å². The van der Waals surface area contributed by atoms with Crippen molar-refractivity contribution >= 4 is 33.0 Å². The van der Waals surface area contributed by atoms with Gasteiger partial charge < -0.3 is 14.5 Å². The zero-order valence-corrected chi connectivity index (χ0v) is 16.8. The smallest absolute Gasteiger partial charge is 0.264 e. The average molecular weight is 386 g/mol. The number of fused-ring (bicyclic) bond motifs is 1. The van der Waals surface area contributed by atoms with Gasteiger partial charge in [-0.1, -0.05) is 18.2 Å². The van der Waals surface area contributed by atoms with Crippen molar-refractivity contribution in [1.82, 2.24) is 4.90 Å². The lowest BCUT2D eigenvalue weighted by Gasteiger charge is -2.18. The molecule has 1 heterocycles. The summed E-state index contributed by atoms with van der Waals surface area (Å²) < 4.78 is 20.3. The minimum Gasteiger partial charge on any atom is -0.380 e. The molecule has 0 radical (unpaired) electrons. The van der Waals surface area contributed by atoms with Gasteiger partial charge in [-0.25, -0.2) is 4.39 Å². The second-order valence-electron chi connectivity index (χ2n) is 6.68. The van der Waals surface area contributed by atoms with Gasteiger partial charge in [0, 0.05) is 56.1 Å². The predicted octanol–water partition coefficient (Wildman–Crippen LogP) is 4.53. The molecule has 0 unspecified atom stereocenters. The molecule has 0 bridgehead atoms. The first-order chi connectivity index (χ1) is 12.9. The van der Waals surface area contributed by atoms with Gasteiger partial charge in [0.2, 0.25) is 0 Å². The first kappa shape index (κ1) is 19.3. The van der Waals surface area contributed by atoms with E-state index in [1.807, 2.05) is 49.3 Å². The van der Waals surface area contributed by atoms with Crippen molar-refractivity contribution < 1.29 is 13.9 Å². The van der Waals surface area contributed by atoms with Crippen LogP contribution in [0.4, 0.5) is 10.1 Å². The van der Waals surface area contributed by atoms with Crippen molar-refractivity contribution in [2.45, 2.75) is 13.2 Å². The van der Waals surface area contributed by atoms with E-state index in [9.17, 15) is 9.18 Å². The molecule has 2 aromatic carbocycles. The summed E-state index contributed by atoms with van der Waals surface area (Å²) in [4.78, 5) is 17.3. The molecule has 0 saturated carbocycles. The van der Waals surface area contributed by atoms with Crippen LogP contribution in [0, 0.1) is 5.82 Å². The molecule has 4 nitrogen and oxygen atoms in total. The highest BCUT2D eigenvalue weighted by Crippen LogP contribution is 2.34. The van der Waals surface area contributed by atoms with Gasteiger partial charge in [-0.15, -0.1) is 11.3 Å². The molecule has 0 spiro atoms. The van der Waals surface area contributed by atoms with Crippen molar-refractivity contribution in [3.63, 3.8) is 0 Å². The van der Waals surface area contributed by atoms with Crippen molar-refractivity contribution in [3.8, 4) is 0 Å². The zero-order chi connectivity index (χ0) is 19.6. The number of ether oxygens (including phenoxy) is 1. The molecule has 0 aliphatic heterocycles. The van der Waals surface area contributed by atoms with E-state index in [0.29, 0.717) is 22.4 Å². The van der Waals surface area contributed by atoms with Gasteiger partial charge in [-0.05, 0) is 29.8 Å². The van der Waals surface area contributed by atoms with E-state index in [0.717, 1.165) is 16.0 Å². The Labute approximate surface area is 162 Å². The Morgan fingerprint density at radius 1 is 1.11 bits per heavy atom. The summed E-state index contributed by atoms with van der Waals surface area (Å²) in [6, 6.07) is 13.0. The summed E-state index contributed by atoms with van der Waals surface area (Å²) in [6.07, 6.45) is 0. The summed E-state index contributed by atoms with van der Waals surface area (Å²) in [7, 11) is 7.29. The van der Waals surface area contributed by atoms with Gasteiger partial charge in [0.15, 0.2) is 0 Å². The predicted molar refractivity (Wildman–Crippen MR) is 109 cm³/mol. The normalized spacial score (nSPS) is 11.0. The number of anilines is 1. The van der Waals surface area contributed by atoms with Crippen LogP contribution in [0.3, 0.4) is 0 Å². The fraction of sp³-hybridized carbons (Fsp3) is 0.286. The standard InChI is InChI=1S/C21H23FN2O2S/c1-23(2)15-10-8-14(9-11-15)12-24(3)21(25)20-16(13-26-4)19-17(22)6-5-7-18(19)27-20/h5-11H,12-13H2,1-4H3. The van der Waals surface area contributed by atoms with Crippen LogP contribution in [0.5, 0.6) is 0 Å². The highest BCUT2D eigenvalue weighted by atomic mass is 32.1. The van der Waals surface area contributed by atoms with E-state index in [1.165, 1.54) is 17.4 Å². The Hall–Kier alpha value is -2.44. The summed E-state index contributed by atoms with van der Waals surface area (Å²) in [5.74, 6) is -0.448. The van der Waals surface area contributed by atoms with Crippen LogP contribution in [0.15, 0.2) is 42.5 Å². The first-order valence-corrected chi connectivity index (χ1v) is 9.44. The van der Waals surface area contributed by atoms with Crippen molar-refractivity contribution in [2.75, 3.05) is 33.2 Å². The lowest BCUT2D eigenvalue weighted by Crippen LogP contribution is -2.26. The van der Waals surface area contributed by atoms with Crippen LogP contribution in [-0.2, 0) is 17.9 Å². The van der Waals surface area contributed by atoms with Gasteiger partial charge in [0.25, 0.3) is 5.91 Å². The van der Waals surface area contributed by atoms with Crippen LogP contribution >= 0.6 is 11.3 Å². The highest BCUT2D eigenvalue weighted by Gasteiger charge is 2.23. The fourth-order valence-electron chi connectivity index (χ4n) is 3.04. The maximum Gasteiger partial charge on any atom is 0.264 e. The number of amides is 1. The topological polar surface area (TPSA) is 32.8 Å². The second-order valence-corrected chi connectivity index (χ2v) is 7.73. The molecule has 0 aliphatic carbocycles. The first-order valence-electron chi connectivity index (χ1n) is 8.63. The van der Waals surface area contributed by atoms with E-state index >= 15 is 0 Å². The number of rotatable bonds is 6. The van der Waals surface area contributed by atoms with E-state index < -0.39 is 0 Å². The number of benzene rings is 2. The van der Waals surface area contributed by atoms with Crippen LogP contribution in [-0.4, -0.2) is 39.1 Å². The molecule has 1 aromatic heterocycles. The van der Waals surface area contributed by atoms with E-state index in [1.54, 1.807) is 25.1 Å². The number of hydrogen-bond acceptors (Lipinski definition) is 4. The monoisotopic (exact) mass is 386 g/mol. The summed E-state index contributed by atoms with van der Waals surface area (Å²) in [5, 5.41) is 0.483.